The topological polar surface area (TPSA) is 105 Å². The molecule has 0 unspecified atom stereocenters. The minimum absolute atomic E-state index is 0.0658. The number of aryl methyl sites for hydroxylation is 2. The number of nitrogens with one attached hydrogen (secondary N) is 1. The predicted octanol–water partition coefficient (Wildman–Crippen LogP) is 2.09. The number of carbonyl (C=O) groups is 1. The van der Waals surface area contributed by atoms with Crippen LogP contribution in [0.3, 0.4) is 0 Å². The lowest BCUT2D eigenvalue weighted by molar-refractivity contribution is -0.126. The second kappa shape index (κ2) is 6.99. The molecule has 27 heavy (non-hydrogen) atoms. The lowest BCUT2D eigenvalue weighted by Gasteiger charge is -2.30. The molecule has 0 atom stereocenters. The average Bonchev–Trinajstić information content (AvgIpc) is 3.19. The largest absolute Gasteiger partial charge is 0.353 e. The molecule has 1 saturated carbocycles. The van der Waals surface area contributed by atoms with Gasteiger partial charge in [0.2, 0.25) is 27.6 Å². The van der Waals surface area contributed by atoms with Crippen molar-refractivity contribution < 1.29 is 17.7 Å². The van der Waals surface area contributed by atoms with E-state index in [1.807, 2.05) is 0 Å². The van der Waals surface area contributed by atoms with Gasteiger partial charge in [-0.25, -0.2) is 8.42 Å². The van der Waals surface area contributed by atoms with Gasteiger partial charge < -0.3 is 9.84 Å². The van der Waals surface area contributed by atoms with Crippen LogP contribution in [0.2, 0.25) is 0 Å². The minimum atomic E-state index is -3.61. The maximum Gasteiger partial charge on any atom is 0.244 e. The number of sulfonamides is 1. The van der Waals surface area contributed by atoms with Crippen LogP contribution in [0.1, 0.15) is 36.5 Å². The zero-order valence-corrected chi connectivity index (χ0v) is 16.9. The van der Waals surface area contributed by atoms with Crippen LogP contribution in [0.5, 0.6) is 0 Å². The van der Waals surface area contributed by atoms with E-state index in [-0.39, 0.29) is 16.7 Å². The molecule has 1 saturated heterocycles. The lowest BCUT2D eigenvalue weighted by atomic mass is 9.97. The molecule has 0 aromatic carbocycles. The molecule has 2 aliphatic rings. The van der Waals surface area contributed by atoms with E-state index in [0.717, 1.165) is 12.8 Å². The van der Waals surface area contributed by atoms with Crippen molar-refractivity contribution in [3.05, 3.63) is 16.8 Å². The van der Waals surface area contributed by atoms with Gasteiger partial charge in [-0.3, -0.25) is 4.79 Å². The third-order valence-corrected chi connectivity index (χ3v) is 8.19. The van der Waals surface area contributed by atoms with Crippen LogP contribution in [0.25, 0.3) is 10.7 Å². The highest BCUT2D eigenvalue weighted by Gasteiger charge is 2.35. The Morgan fingerprint density at radius 2 is 1.96 bits per heavy atom. The van der Waals surface area contributed by atoms with E-state index >= 15 is 0 Å². The molecule has 1 N–H and O–H groups in total. The summed E-state index contributed by atoms with van der Waals surface area (Å²) in [7, 11) is -3.61. The Hall–Kier alpha value is -1.78. The number of rotatable bonds is 5. The number of aromatic nitrogens is 2. The number of piperidine rings is 1. The number of nitrogens with zero attached hydrogens (tertiary/aromatic N) is 3. The standard InChI is InChI=1S/C17H22N4O4S2/c1-10-15(9-14(26-10)16-18-11(2)25-20-16)27(23,24)21-7-5-12(6-8-21)17(22)19-13-3-4-13/h9,12-13H,3-8H2,1-2H3,(H,19,22). The average molecular weight is 411 g/mol. The number of hydrogen-bond donors (Lipinski definition) is 1. The summed E-state index contributed by atoms with van der Waals surface area (Å²) in [5.74, 6) is 0.805. The SMILES string of the molecule is Cc1nc(-c2cc(S(=O)(=O)N3CCC(C(=O)NC4CC4)CC3)c(C)s2)no1. The van der Waals surface area contributed by atoms with Crippen LogP contribution in [-0.4, -0.2) is 47.9 Å². The quantitative estimate of drug-likeness (QED) is 0.809. The molecular weight excluding hydrogens is 388 g/mol. The fraction of sp³-hybridized carbons (Fsp3) is 0.588. The molecule has 4 rings (SSSR count). The van der Waals surface area contributed by atoms with E-state index in [4.69, 9.17) is 4.52 Å². The summed E-state index contributed by atoms with van der Waals surface area (Å²) in [6.45, 7) is 4.19. The second-order valence-electron chi connectivity index (χ2n) is 7.13. The van der Waals surface area contributed by atoms with Crippen LogP contribution in [0.15, 0.2) is 15.5 Å². The maximum absolute atomic E-state index is 13.1. The Morgan fingerprint density at radius 3 is 2.56 bits per heavy atom. The highest BCUT2D eigenvalue weighted by atomic mass is 32.2. The molecular formula is C17H22N4O4S2. The zero-order valence-electron chi connectivity index (χ0n) is 15.3. The third kappa shape index (κ3) is 3.78. The summed E-state index contributed by atoms with van der Waals surface area (Å²) < 4.78 is 32.6. The van der Waals surface area contributed by atoms with Gasteiger partial charge in [0.15, 0.2) is 0 Å². The maximum atomic E-state index is 13.1. The molecule has 1 amide bonds. The first-order valence-corrected chi connectivity index (χ1v) is 11.3. The van der Waals surface area contributed by atoms with Crippen molar-refractivity contribution in [2.45, 2.75) is 50.5 Å². The molecule has 0 radical (unpaired) electrons. The van der Waals surface area contributed by atoms with Crippen molar-refractivity contribution in [3.8, 4) is 10.7 Å². The molecule has 1 aliphatic carbocycles. The Labute approximate surface area is 162 Å². The smallest absolute Gasteiger partial charge is 0.244 e. The zero-order chi connectivity index (χ0) is 19.2. The number of thiophene rings is 1. The van der Waals surface area contributed by atoms with E-state index < -0.39 is 10.0 Å². The van der Waals surface area contributed by atoms with Gasteiger partial charge in [-0.05, 0) is 38.7 Å². The van der Waals surface area contributed by atoms with Crippen LogP contribution in [-0.2, 0) is 14.8 Å². The van der Waals surface area contributed by atoms with E-state index in [2.05, 4.69) is 15.5 Å². The molecule has 10 heteroatoms. The van der Waals surface area contributed by atoms with Crippen LogP contribution >= 0.6 is 11.3 Å². The highest BCUT2D eigenvalue weighted by Crippen LogP contribution is 2.35. The van der Waals surface area contributed by atoms with Gasteiger partial charge in [0, 0.05) is 36.9 Å². The number of amides is 1. The lowest BCUT2D eigenvalue weighted by Crippen LogP contribution is -2.43. The van der Waals surface area contributed by atoms with Crippen molar-refractivity contribution in [2.75, 3.05) is 13.1 Å². The fourth-order valence-corrected chi connectivity index (χ4v) is 6.23. The van der Waals surface area contributed by atoms with Gasteiger partial charge in [0.1, 0.15) is 0 Å². The summed E-state index contributed by atoms with van der Waals surface area (Å²) in [6.07, 6.45) is 3.22. The van der Waals surface area contributed by atoms with Gasteiger partial charge in [-0.2, -0.15) is 9.29 Å². The summed E-state index contributed by atoms with van der Waals surface area (Å²) in [5, 5.41) is 6.88. The van der Waals surface area contributed by atoms with Gasteiger partial charge in [-0.1, -0.05) is 5.16 Å². The Bertz CT molecular complexity index is 953. The predicted molar refractivity (Wildman–Crippen MR) is 99.7 cm³/mol. The Morgan fingerprint density at radius 1 is 1.26 bits per heavy atom. The normalized spacial score (nSPS) is 19.3. The summed E-state index contributed by atoms with van der Waals surface area (Å²) >= 11 is 1.34. The fourth-order valence-electron chi connectivity index (χ4n) is 3.28. The molecule has 0 spiro atoms. The molecule has 8 nitrogen and oxygen atoms in total. The van der Waals surface area contributed by atoms with Gasteiger partial charge in [0.25, 0.3) is 0 Å². The Kier molecular flexibility index (Phi) is 4.81. The molecule has 2 aromatic rings. The molecule has 2 aromatic heterocycles. The molecule has 2 fully saturated rings. The summed E-state index contributed by atoms with van der Waals surface area (Å²) in [6, 6.07) is 1.95. The van der Waals surface area contributed by atoms with Crippen molar-refractivity contribution in [2.24, 2.45) is 5.92 Å². The van der Waals surface area contributed by atoms with E-state index in [0.29, 0.717) is 53.4 Å². The van der Waals surface area contributed by atoms with Crippen LogP contribution in [0, 0.1) is 19.8 Å². The number of hydrogen-bond acceptors (Lipinski definition) is 7. The first kappa shape index (κ1) is 18.6. The highest BCUT2D eigenvalue weighted by molar-refractivity contribution is 7.89. The van der Waals surface area contributed by atoms with Crippen molar-refractivity contribution in [3.63, 3.8) is 0 Å². The first-order chi connectivity index (χ1) is 12.8. The summed E-state index contributed by atoms with van der Waals surface area (Å²) in [5.41, 5.74) is 0. The molecule has 3 heterocycles. The first-order valence-electron chi connectivity index (χ1n) is 9.06. The van der Waals surface area contributed by atoms with Crippen molar-refractivity contribution in [1.29, 1.82) is 0 Å². The monoisotopic (exact) mass is 410 g/mol. The van der Waals surface area contributed by atoms with Gasteiger partial charge in [-0.15, -0.1) is 11.3 Å². The van der Waals surface area contributed by atoms with Gasteiger partial charge in [0.05, 0.1) is 9.77 Å². The van der Waals surface area contributed by atoms with E-state index in [1.54, 1.807) is 19.9 Å². The van der Waals surface area contributed by atoms with Crippen molar-refractivity contribution >= 4 is 27.3 Å². The Balaban J connectivity index is 1.47. The van der Waals surface area contributed by atoms with Gasteiger partial charge >= 0.3 is 0 Å². The van der Waals surface area contributed by atoms with E-state index in [1.165, 1.54) is 15.6 Å². The van der Waals surface area contributed by atoms with Crippen LogP contribution < -0.4 is 5.32 Å². The number of carbonyl (C=O) groups excluding carboxylic acids is 1. The molecule has 1 aliphatic heterocycles. The third-order valence-electron chi connectivity index (χ3n) is 4.99. The van der Waals surface area contributed by atoms with Crippen molar-refractivity contribution in [1.82, 2.24) is 19.8 Å². The second-order valence-corrected chi connectivity index (χ2v) is 10.3. The van der Waals surface area contributed by atoms with E-state index in [9.17, 15) is 13.2 Å². The van der Waals surface area contributed by atoms with Crippen LogP contribution in [0.4, 0.5) is 0 Å². The summed E-state index contributed by atoms with van der Waals surface area (Å²) in [4.78, 5) is 18.0. The minimum Gasteiger partial charge on any atom is -0.353 e. The molecule has 0 bridgehead atoms. The molecule has 146 valence electrons.